The molecular weight excluding hydrogens is 238 g/mol. The van der Waals surface area contributed by atoms with E-state index in [0.717, 1.165) is 31.9 Å². The molecule has 1 fully saturated rings. The molecule has 1 aliphatic rings. The molecule has 0 amide bonds. The van der Waals surface area contributed by atoms with Crippen LogP contribution in [0.15, 0.2) is 18.3 Å². The van der Waals surface area contributed by atoms with E-state index in [1.54, 1.807) is 0 Å². The van der Waals surface area contributed by atoms with E-state index >= 15 is 0 Å². The summed E-state index contributed by atoms with van der Waals surface area (Å²) in [4.78, 5) is 6.96. The van der Waals surface area contributed by atoms with Crippen LogP contribution < -0.4 is 10.2 Å². The Balaban J connectivity index is 2.16. The highest BCUT2D eigenvalue weighted by atomic mass is 16.5. The second kappa shape index (κ2) is 6.87. The lowest BCUT2D eigenvalue weighted by atomic mass is 10.0. The Morgan fingerprint density at radius 2 is 2.42 bits per heavy atom. The van der Waals surface area contributed by atoms with Crippen molar-refractivity contribution in [3.63, 3.8) is 0 Å². The minimum atomic E-state index is 0.316. The Labute approximate surface area is 116 Å². The number of hydrogen-bond acceptors (Lipinski definition) is 4. The van der Waals surface area contributed by atoms with Gasteiger partial charge in [-0.15, -0.1) is 0 Å². The molecule has 0 aromatic carbocycles. The number of pyridine rings is 1. The molecule has 1 aliphatic heterocycles. The van der Waals surface area contributed by atoms with Crippen LogP contribution in [-0.2, 0) is 4.74 Å². The standard InChI is InChI=1S/C15H25N3O/c1-4-19-13-7-6-10-18(11-13)15-14(12(2)16-3)8-5-9-17-15/h5,8-9,12-13,16H,4,6-7,10-11H2,1-3H3. The zero-order valence-electron chi connectivity index (χ0n) is 12.2. The largest absolute Gasteiger partial charge is 0.377 e. The molecule has 19 heavy (non-hydrogen) atoms. The molecule has 2 rings (SSSR count). The molecule has 1 aromatic rings. The summed E-state index contributed by atoms with van der Waals surface area (Å²) in [5, 5.41) is 3.30. The number of aromatic nitrogens is 1. The Morgan fingerprint density at radius 3 is 3.16 bits per heavy atom. The van der Waals surface area contributed by atoms with E-state index < -0.39 is 0 Å². The van der Waals surface area contributed by atoms with Crippen LogP contribution in [0.1, 0.15) is 38.3 Å². The lowest BCUT2D eigenvalue weighted by Gasteiger charge is -2.35. The fraction of sp³-hybridized carbons (Fsp3) is 0.667. The van der Waals surface area contributed by atoms with Crippen molar-refractivity contribution in [2.45, 2.75) is 38.8 Å². The smallest absolute Gasteiger partial charge is 0.133 e. The summed E-state index contributed by atoms with van der Waals surface area (Å²) in [5.41, 5.74) is 1.27. The van der Waals surface area contributed by atoms with Crippen molar-refractivity contribution in [2.24, 2.45) is 0 Å². The van der Waals surface area contributed by atoms with E-state index in [1.807, 2.05) is 19.3 Å². The third kappa shape index (κ3) is 3.45. The predicted molar refractivity (Wildman–Crippen MR) is 78.6 cm³/mol. The van der Waals surface area contributed by atoms with Crippen molar-refractivity contribution in [1.29, 1.82) is 0 Å². The van der Waals surface area contributed by atoms with Crippen molar-refractivity contribution in [3.8, 4) is 0 Å². The summed E-state index contributed by atoms with van der Waals surface area (Å²) in [6.45, 7) is 7.05. The number of anilines is 1. The summed E-state index contributed by atoms with van der Waals surface area (Å²) in [6, 6.07) is 4.49. The first-order chi connectivity index (χ1) is 9.26. The van der Waals surface area contributed by atoms with Gasteiger partial charge in [-0.3, -0.25) is 0 Å². The van der Waals surface area contributed by atoms with Crippen LogP contribution >= 0.6 is 0 Å². The lowest BCUT2D eigenvalue weighted by Crippen LogP contribution is -2.41. The van der Waals surface area contributed by atoms with Gasteiger partial charge in [0.2, 0.25) is 0 Å². The van der Waals surface area contributed by atoms with Gasteiger partial charge in [0.1, 0.15) is 5.82 Å². The molecule has 4 heteroatoms. The van der Waals surface area contributed by atoms with Crippen molar-refractivity contribution in [2.75, 3.05) is 31.6 Å². The molecular formula is C15H25N3O. The molecule has 1 aromatic heterocycles. The fourth-order valence-corrected chi connectivity index (χ4v) is 2.67. The molecule has 0 spiro atoms. The van der Waals surface area contributed by atoms with Crippen LogP contribution in [-0.4, -0.2) is 37.8 Å². The molecule has 2 atom stereocenters. The highest BCUT2D eigenvalue weighted by molar-refractivity contribution is 5.48. The number of nitrogens with one attached hydrogen (secondary N) is 1. The summed E-state index contributed by atoms with van der Waals surface area (Å²) >= 11 is 0. The Bertz CT molecular complexity index is 395. The third-order valence-corrected chi connectivity index (χ3v) is 3.80. The van der Waals surface area contributed by atoms with E-state index in [-0.39, 0.29) is 0 Å². The molecule has 2 unspecified atom stereocenters. The highest BCUT2D eigenvalue weighted by Crippen LogP contribution is 2.26. The van der Waals surface area contributed by atoms with Gasteiger partial charge in [0.15, 0.2) is 0 Å². The Hall–Kier alpha value is -1.13. The van der Waals surface area contributed by atoms with E-state index in [4.69, 9.17) is 4.74 Å². The summed E-state index contributed by atoms with van der Waals surface area (Å²) < 4.78 is 5.78. The van der Waals surface area contributed by atoms with Crippen molar-refractivity contribution in [1.82, 2.24) is 10.3 Å². The fourth-order valence-electron chi connectivity index (χ4n) is 2.67. The molecule has 106 valence electrons. The monoisotopic (exact) mass is 263 g/mol. The maximum absolute atomic E-state index is 5.78. The lowest BCUT2D eigenvalue weighted by molar-refractivity contribution is 0.0524. The average Bonchev–Trinajstić information content (AvgIpc) is 2.47. The van der Waals surface area contributed by atoms with Crippen molar-refractivity contribution < 1.29 is 4.74 Å². The Kier molecular flexibility index (Phi) is 5.16. The molecule has 0 radical (unpaired) electrons. The first-order valence-corrected chi connectivity index (χ1v) is 7.25. The van der Waals surface area contributed by atoms with Gasteiger partial charge in [0.05, 0.1) is 6.10 Å². The highest BCUT2D eigenvalue weighted by Gasteiger charge is 2.23. The molecule has 2 heterocycles. The number of rotatable bonds is 5. The van der Waals surface area contributed by atoms with E-state index in [2.05, 4.69) is 35.1 Å². The number of piperidine rings is 1. The van der Waals surface area contributed by atoms with Gasteiger partial charge in [-0.05, 0) is 39.8 Å². The summed E-state index contributed by atoms with van der Waals surface area (Å²) in [6.07, 6.45) is 4.56. The average molecular weight is 263 g/mol. The number of hydrogen-bond donors (Lipinski definition) is 1. The molecule has 0 aliphatic carbocycles. The number of ether oxygens (including phenoxy) is 1. The SMILES string of the molecule is CCOC1CCCN(c2ncccc2C(C)NC)C1. The molecule has 0 saturated carbocycles. The Morgan fingerprint density at radius 1 is 1.58 bits per heavy atom. The third-order valence-electron chi connectivity index (χ3n) is 3.80. The van der Waals surface area contributed by atoms with Crippen LogP contribution in [0.2, 0.25) is 0 Å². The maximum Gasteiger partial charge on any atom is 0.133 e. The predicted octanol–water partition coefficient (Wildman–Crippen LogP) is 2.37. The van der Waals surface area contributed by atoms with Gasteiger partial charge in [0.25, 0.3) is 0 Å². The minimum Gasteiger partial charge on any atom is -0.377 e. The minimum absolute atomic E-state index is 0.316. The topological polar surface area (TPSA) is 37.4 Å². The van der Waals surface area contributed by atoms with Crippen LogP contribution in [0.5, 0.6) is 0 Å². The zero-order valence-corrected chi connectivity index (χ0v) is 12.2. The molecule has 1 saturated heterocycles. The van der Waals surface area contributed by atoms with E-state index in [9.17, 15) is 0 Å². The first-order valence-electron chi connectivity index (χ1n) is 7.25. The molecule has 4 nitrogen and oxygen atoms in total. The van der Waals surface area contributed by atoms with Gasteiger partial charge in [0, 0.05) is 37.5 Å². The van der Waals surface area contributed by atoms with Crippen LogP contribution in [0.4, 0.5) is 5.82 Å². The maximum atomic E-state index is 5.78. The van der Waals surface area contributed by atoms with Crippen molar-refractivity contribution >= 4 is 5.82 Å². The second-order valence-corrected chi connectivity index (χ2v) is 5.09. The number of nitrogens with zero attached hydrogens (tertiary/aromatic N) is 2. The van der Waals surface area contributed by atoms with Crippen LogP contribution in [0.25, 0.3) is 0 Å². The molecule has 1 N–H and O–H groups in total. The van der Waals surface area contributed by atoms with Gasteiger partial charge >= 0.3 is 0 Å². The summed E-state index contributed by atoms with van der Waals surface area (Å²) in [7, 11) is 1.99. The van der Waals surface area contributed by atoms with Crippen LogP contribution in [0.3, 0.4) is 0 Å². The van der Waals surface area contributed by atoms with Gasteiger partial charge in [-0.2, -0.15) is 0 Å². The zero-order chi connectivity index (χ0) is 13.7. The van der Waals surface area contributed by atoms with E-state index in [0.29, 0.717) is 12.1 Å². The van der Waals surface area contributed by atoms with Gasteiger partial charge in [-0.1, -0.05) is 6.07 Å². The van der Waals surface area contributed by atoms with E-state index in [1.165, 1.54) is 12.0 Å². The summed E-state index contributed by atoms with van der Waals surface area (Å²) in [5.74, 6) is 1.11. The normalized spacial score (nSPS) is 21.4. The van der Waals surface area contributed by atoms with Gasteiger partial charge in [-0.25, -0.2) is 4.98 Å². The van der Waals surface area contributed by atoms with Crippen molar-refractivity contribution in [3.05, 3.63) is 23.9 Å². The first kappa shape index (κ1) is 14.3. The molecule has 0 bridgehead atoms. The quantitative estimate of drug-likeness (QED) is 0.885. The second-order valence-electron chi connectivity index (χ2n) is 5.09. The van der Waals surface area contributed by atoms with Gasteiger partial charge < -0.3 is 15.0 Å². The van der Waals surface area contributed by atoms with Crippen LogP contribution in [0, 0.1) is 0 Å².